The molecule has 80 heavy (non-hydrogen) atoms. The highest BCUT2D eigenvalue weighted by Gasteiger charge is 2.48. The topological polar surface area (TPSA) is 0 Å². The van der Waals surface area contributed by atoms with Gasteiger partial charge in [-0.05, 0) is 167 Å². The summed E-state index contributed by atoms with van der Waals surface area (Å²) in [4.78, 5) is 0. The van der Waals surface area contributed by atoms with Crippen molar-refractivity contribution >= 4 is 60.8 Å². The molecule has 0 N–H and O–H groups in total. The van der Waals surface area contributed by atoms with E-state index in [0.29, 0.717) is 67.1 Å². The van der Waals surface area contributed by atoms with Gasteiger partial charge < -0.3 is 0 Å². The summed E-state index contributed by atoms with van der Waals surface area (Å²) in [5.74, 6) is -1.09. The number of halogens is 12. The van der Waals surface area contributed by atoms with Gasteiger partial charge in [-0.2, -0.15) is 52.7 Å². The number of allylic oxidation sites excluding steroid dienone is 3. The first kappa shape index (κ1) is 48.2. The van der Waals surface area contributed by atoms with Crippen molar-refractivity contribution in [2.45, 2.75) is 36.5 Å². The third-order valence-corrected chi connectivity index (χ3v) is 16.8. The summed E-state index contributed by atoms with van der Waals surface area (Å²) in [7, 11) is 0. The van der Waals surface area contributed by atoms with Crippen LogP contribution < -0.4 is 5.22 Å². The van der Waals surface area contributed by atoms with E-state index in [2.05, 4.69) is 0 Å². The zero-order valence-corrected chi connectivity index (χ0v) is 41.2. The van der Waals surface area contributed by atoms with Crippen LogP contribution in [-0.2, 0) is 24.7 Å². The Labute approximate surface area is 446 Å². The summed E-state index contributed by atoms with van der Waals surface area (Å²) in [6.45, 7) is 0. The first-order chi connectivity index (χ1) is 38.3. The van der Waals surface area contributed by atoms with E-state index in [4.69, 9.17) is 0 Å². The van der Waals surface area contributed by atoms with Crippen molar-refractivity contribution in [3.63, 3.8) is 0 Å². The van der Waals surface area contributed by atoms with Crippen LogP contribution in [0.5, 0.6) is 0 Å². The molecule has 12 heteroatoms. The van der Waals surface area contributed by atoms with Crippen molar-refractivity contribution in [2.75, 3.05) is 0 Å². The minimum absolute atomic E-state index is 0.132. The van der Waals surface area contributed by atoms with Gasteiger partial charge in [0.2, 0.25) is 0 Å². The molecule has 0 radical (unpaired) electrons. The van der Waals surface area contributed by atoms with Crippen LogP contribution in [0.15, 0.2) is 182 Å². The minimum atomic E-state index is -5.19. The maximum absolute atomic E-state index is 15.4. The lowest BCUT2D eigenvalue weighted by Gasteiger charge is -2.31. The molecule has 0 aromatic heterocycles. The fourth-order valence-electron chi connectivity index (χ4n) is 13.9. The zero-order valence-electron chi connectivity index (χ0n) is 41.2. The van der Waals surface area contributed by atoms with Crippen LogP contribution in [0.3, 0.4) is 0 Å². The summed E-state index contributed by atoms with van der Waals surface area (Å²) in [6.07, 6.45) is -12.6. The maximum atomic E-state index is 15.4. The van der Waals surface area contributed by atoms with E-state index in [9.17, 15) is 26.3 Å². The van der Waals surface area contributed by atoms with E-state index >= 15 is 26.3 Å². The van der Waals surface area contributed by atoms with Crippen molar-refractivity contribution < 1.29 is 52.7 Å². The molecule has 0 bridgehead atoms. The number of benzene rings is 11. The van der Waals surface area contributed by atoms with Gasteiger partial charge in [0, 0.05) is 11.8 Å². The molecular weight excluding hydrogens is 1040 g/mol. The minimum Gasteiger partial charge on any atom is -0.166 e. The van der Waals surface area contributed by atoms with Gasteiger partial charge in [0.1, 0.15) is 0 Å². The Morgan fingerprint density at radius 3 is 1.30 bits per heavy atom. The fraction of sp³-hybridized carbons (Fsp3) is 0.0882. The summed E-state index contributed by atoms with van der Waals surface area (Å²) < 4.78 is 178. The fourth-order valence-corrected chi connectivity index (χ4v) is 13.9. The van der Waals surface area contributed by atoms with Gasteiger partial charge in [-0.15, -0.1) is 0 Å². The molecule has 0 nitrogen and oxygen atoms in total. The van der Waals surface area contributed by atoms with Crippen LogP contribution in [0.2, 0.25) is 0 Å². The molecule has 0 aliphatic heterocycles. The average Bonchev–Trinajstić information content (AvgIpc) is 3.65. The monoisotopic (exact) mass is 1080 g/mol. The highest BCUT2D eigenvalue weighted by Crippen LogP contribution is 2.65. The van der Waals surface area contributed by atoms with Crippen LogP contribution >= 0.6 is 0 Å². The van der Waals surface area contributed by atoms with Crippen molar-refractivity contribution in [1.29, 1.82) is 0 Å². The molecule has 2 atom stereocenters. The molecule has 0 amide bonds. The van der Waals surface area contributed by atoms with Crippen molar-refractivity contribution in [1.82, 2.24) is 0 Å². The van der Waals surface area contributed by atoms with Gasteiger partial charge in [-0.3, -0.25) is 0 Å². The third-order valence-electron chi connectivity index (χ3n) is 16.8. The molecule has 0 spiro atoms. The highest BCUT2D eigenvalue weighted by atomic mass is 19.4. The second kappa shape index (κ2) is 16.3. The molecule has 2 unspecified atom stereocenters. The summed E-state index contributed by atoms with van der Waals surface area (Å²) in [6, 6.07) is 44.3. The molecule has 15 rings (SSSR count). The van der Waals surface area contributed by atoms with E-state index in [0.717, 1.165) is 77.9 Å². The SMILES string of the molecule is FC(F)(F)c1ccc(-c2c3c(c(-c4ccccc4)c4ccccc24)-c2ccc4c5c6c(c7ccc-3c2c74)C=CC2c3c(c(-c4ccccc4)c4ccccc4c3-c3ccc(C(F)(F)F)cc3C(F)(F)F)C(=CC=5)C62)c(C(F)(F)F)c1. The average molecular weight is 1080 g/mol. The zero-order chi connectivity index (χ0) is 55.1. The van der Waals surface area contributed by atoms with Gasteiger partial charge in [0.05, 0.1) is 22.3 Å². The molecular formula is C68H34F12. The second-order valence-electron chi connectivity index (χ2n) is 20.8. The van der Waals surface area contributed by atoms with E-state index in [1.54, 1.807) is 36.4 Å². The summed E-state index contributed by atoms with van der Waals surface area (Å²) in [5, 5.41) is 5.99. The Balaban J connectivity index is 1.04. The van der Waals surface area contributed by atoms with E-state index < -0.39 is 64.4 Å². The number of hydrogen-bond acceptors (Lipinski definition) is 0. The maximum Gasteiger partial charge on any atom is 0.417 e. The summed E-state index contributed by atoms with van der Waals surface area (Å²) in [5.41, 5.74) is 3.02. The quantitative estimate of drug-likeness (QED) is 0.154. The molecule has 4 aliphatic rings. The number of rotatable bonds is 4. The Kier molecular flexibility index (Phi) is 9.86. The Morgan fingerprint density at radius 2 is 0.775 bits per heavy atom. The van der Waals surface area contributed by atoms with Crippen molar-refractivity contribution in [3.8, 4) is 66.8 Å². The molecule has 0 fully saturated rings. The third kappa shape index (κ3) is 6.68. The van der Waals surface area contributed by atoms with Crippen LogP contribution in [0.4, 0.5) is 52.7 Å². The molecule has 0 saturated heterocycles. The van der Waals surface area contributed by atoms with E-state index in [1.165, 1.54) is 0 Å². The normalized spacial score (nSPS) is 16.1. The standard InChI is InChI=1S/C68H34F12/c69-65(70,71)35-19-21-45(51(31-35)67(75,76)77)57-39-17-9-7-15-37(39)53(33-11-3-1-4-12-33)61-47-27-23-41-42-24-28-48-60-50(30-26-44(56(42)60)43-25-29-49(63(57)61)59(47)55(41)43)64-58(46-22-20-36(66(72,73)74)32-52(46)68(78,79)80)40-18-10-8-16-38(40)54(62(48)64)34-13-5-2-6-14-34/h1-32,49,59H. The lowest BCUT2D eigenvalue weighted by Crippen LogP contribution is -2.23. The largest absolute Gasteiger partial charge is 0.417 e. The molecule has 390 valence electrons. The lowest BCUT2D eigenvalue weighted by molar-refractivity contribution is -0.144. The summed E-state index contributed by atoms with van der Waals surface area (Å²) >= 11 is 0. The molecule has 4 aliphatic carbocycles. The van der Waals surface area contributed by atoms with Gasteiger partial charge >= 0.3 is 24.7 Å². The lowest BCUT2D eigenvalue weighted by atomic mass is 9.72. The smallest absolute Gasteiger partial charge is 0.166 e. The van der Waals surface area contributed by atoms with Gasteiger partial charge in [-0.1, -0.05) is 170 Å². The Bertz CT molecular complexity index is 4690. The van der Waals surface area contributed by atoms with Gasteiger partial charge in [0.25, 0.3) is 0 Å². The Hall–Kier alpha value is -8.90. The van der Waals surface area contributed by atoms with Gasteiger partial charge in [0.15, 0.2) is 0 Å². The first-order valence-corrected chi connectivity index (χ1v) is 25.6. The van der Waals surface area contributed by atoms with E-state index in [-0.39, 0.29) is 28.8 Å². The number of fused-ring (bicyclic) bond motifs is 10. The van der Waals surface area contributed by atoms with E-state index in [1.807, 2.05) is 121 Å². The predicted octanol–water partition coefficient (Wildman–Crippen LogP) is 20.5. The van der Waals surface area contributed by atoms with Crippen LogP contribution in [0.25, 0.3) is 128 Å². The molecule has 0 saturated carbocycles. The van der Waals surface area contributed by atoms with Crippen LogP contribution in [-0.4, -0.2) is 0 Å². The molecule has 0 heterocycles. The predicted molar refractivity (Wildman–Crippen MR) is 291 cm³/mol. The second-order valence-corrected chi connectivity index (χ2v) is 20.8. The van der Waals surface area contributed by atoms with Crippen LogP contribution in [0, 0.1) is 0 Å². The molecule has 11 aromatic rings. The first-order valence-electron chi connectivity index (χ1n) is 25.6. The van der Waals surface area contributed by atoms with Crippen molar-refractivity contribution in [3.05, 3.63) is 232 Å². The van der Waals surface area contributed by atoms with Crippen LogP contribution in [0.1, 0.15) is 56.3 Å². The number of alkyl halides is 12. The number of hydrogen-bond donors (Lipinski definition) is 0. The highest BCUT2D eigenvalue weighted by molar-refractivity contribution is 6.33. The molecule has 11 aromatic carbocycles. The Morgan fingerprint density at radius 1 is 0.325 bits per heavy atom. The van der Waals surface area contributed by atoms with Crippen molar-refractivity contribution in [2.24, 2.45) is 0 Å². The van der Waals surface area contributed by atoms with Gasteiger partial charge in [-0.25, -0.2) is 0 Å².